The summed E-state index contributed by atoms with van der Waals surface area (Å²) in [5, 5.41) is 0. The molecule has 101 heavy (non-hydrogen) atoms. The summed E-state index contributed by atoms with van der Waals surface area (Å²) >= 11 is 0. The lowest BCUT2D eigenvalue weighted by Crippen LogP contribution is -2.31. The van der Waals surface area contributed by atoms with Gasteiger partial charge in [0.05, 0.1) is 22.8 Å². The van der Waals surface area contributed by atoms with Gasteiger partial charge in [-0.3, -0.25) is 19.9 Å². The van der Waals surface area contributed by atoms with E-state index in [0.717, 1.165) is 28.9 Å². The molecule has 0 amide bonds. The van der Waals surface area contributed by atoms with Gasteiger partial charge in [-0.2, -0.15) is 0 Å². The Morgan fingerprint density at radius 2 is 0.653 bits per heavy atom. The van der Waals surface area contributed by atoms with Gasteiger partial charge in [0.2, 0.25) is 22.8 Å². The fraction of sp³-hybridized carbons (Fsp3) is 0.312. The maximum atomic E-state index is 8.50. The molecule has 4 aliphatic rings. The van der Waals surface area contributed by atoms with Crippen molar-refractivity contribution in [1.29, 1.82) is 0 Å². The van der Waals surface area contributed by atoms with Gasteiger partial charge in [0.25, 0.3) is 0 Å². The van der Waals surface area contributed by atoms with Gasteiger partial charge in [-0.25, -0.2) is 18.3 Å². The Bertz CT molecular complexity index is 5480. The normalized spacial score (nSPS) is 15.7. The second kappa shape index (κ2) is 26.2. The first-order valence-electron chi connectivity index (χ1n) is 37.9. The number of fused-ring (bicyclic) bond motifs is 12. The second-order valence-electron chi connectivity index (χ2n) is 31.2. The largest absolute Gasteiger partial charge is 0.260 e. The summed E-state index contributed by atoms with van der Waals surface area (Å²) in [7, 11) is 8.32. The maximum absolute atomic E-state index is 8.50. The maximum Gasteiger partial charge on any atom is 0.212 e. The number of hydrogen-bond donors (Lipinski definition) is 0. The summed E-state index contributed by atoms with van der Waals surface area (Å²) in [6.45, 7) is 34.7. The fourth-order valence-corrected chi connectivity index (χ4v) is 16.2. The van der Waals surface area contributed by atoms with Crippen LogP contribution in [0, 0.1) is 34.6 Å². The van der Waals surface area contributed by atoms with Crippen molar-refractivity contribution in [3.63, 3.8) is 0 Å². The zero-order chi connectivity index (χ0) is 75.5. The number of rotatable bonds is 7. The lowest BCUT2D eigenvalue weighted by molar-refractivity contribution is -0.660. The molecule has 0 fully saturated rings. The van der Waals surface area contributed by atoms with Gasteiger partial charge in [0.15, 0.2) is 24.8 Å². The number of aromatic nitrogens is 8. The first-order valence-corrected chi connectivity index (χ1v) is 35.9. The third-order valence-electron chi connectivity index (χ3n) is 22.4. The van der Waals surface area contributed by atoms with Crippen LogP contribution in [-0.2, 0) is 56.3 Å². The fourth-order valence-electron chi connectivity index (χ4n) is 16.2. The van der Waals surface area contributed by atoms with Crippen LogP contribution in [0.1, 0.15) is 197 Å². The van der Waals surface area contributed by atoms with E-state index in [9.17, 15) is 0 Å². The van der Waals surface area contributed by atoms with E-state index in [1.807, 2.05) is 72.9 Å². The smallest absolute Gasteiger partial charge is 0.212 e. The van der Waals surface area contributed by atoms with Crippen molar-refractivity contribution < 1.29 is 23.8 Å². The van der Waals surface area contributed by atoms with Crippen LogP contribution in [0.2, 0.25) is 0 Å². The monoisotopic (exact) mass is 1330 g/mol. The van der Waals surface area contributed by atoms with Crippen molar-refractivity contribution in [3.05, 3.63) is 285 Å². The Kier molecular flexibility index (Phi) is 16.7. The van der Waals surface area contributed by atoms with Gasteiger partial charge in [-0.1, -0.05) is 138 Å². The van der Waals surface area contributed by atoms with Crippen LogP contribution >= 0.6 is 0 Å². The van der Waals surface area contributed by atoms with E-state index in [1.54, 1.807) is 6.07 Å². The highest BCUT2D eigenvalue weighted by Gasteiger charge is 2.42. The standard InChI is InChI=1S/2C24H27N2.C23H25N2.C22H23N2/c2*1-15(2)17-9-11-26(6)22(13-17)19-14-21-20(12-16(19)3)18-8-7-10-25-23(18)24(21,4)5;1-6-16-9-11-25(5)21(13-16)18-14-20-19(12-15(18)2)17-8-7-10-24-22(17)23(20,3)4;1-14-8-10-24(5)20(11-14)17-13-19-18(12-15(17)2)16-7-6-9-23-21(16)22(19,3)4/h2*7-15H,1-6H3;7-14H,6H2,1-5H3;6-13H,1-5H3/q4*+1/i1D3,15D;;;. The Balaban J connectivity index is 0.000000125. The second-order valence-corrected chi connectivity index (χ2v) is 31.2. The Morgan fingerprint density at radius 1 is 0.356 bits per heavy atom. The summed E-state index contributed by atoms with van der Waals surface area (Å²) in [6.07, 6.45) is 16.9. The molecule has 4 aromatic carbocycles. The van der Waals surface area contributed by atoms with Gasteiger partial charge in [0.1, 0.15) is 28.2 Å². The molecule has 8 heterocycles. The van der Waals surface area contributed by atoms with Crippen LogP contribution < -0.4 is 18.3 Å². The van der Waals surface area contributed by atoms with Gasteiger partial charge >= 0.3 is 0 Å². The van der Waals surface area contributed by atoms with E-state index >= 15 is 0 Å². The van der Waals surface area contributed by atoms with Crippen molar-refractivity contribution in [1.82, 2.24) is 19.9 Å². The third kappa shape index (κ3) is 12.1. The van der Waals surface area contributed by atoms with Gasteiger partial charge < -0.3 is 0 Å². The summed E-state index contributed by atoms with van der Waals surface area (Å²) in [4.78, 5) is 18.7. The molecule has 0 saturated heterocycles. The van der Waals surface area contributed by atoms with E-state index < -0.39 is 12.7 Å². The molecule has 0 N–H and O–H groups in total. The molecule has 4 aliphatic carbocycles. The molecule has 0 aliphatic heterocycles. The lowest BCUT2D eigenvalue weighted by atomic mass is 9.83. The average molecular weight is 1340 g/mol. The lowest BCUT2D eigenvalue weighted by Gasteiger charge is -2.21. The molecule has 0 radical (unpaired) electrons. The Labute approximate surface area is 607 Å². The molecule has 8 nitrogen and oxygen atoms in total. The van der Waals surface area contributed by atoms with Crippen LogP contribution in [0.3, 0.4) is 0 Å². The van der Waals surface area contributed by atoms with E-state index in [1.165, 1.54) is 158 Å². The zero-order valence-electron chi connectivity index (χ0n) is 67.3. The van der Waals surface area contributed by atoms with E-state index in [2.05, 4.69) is 283 Å². The van der Waals surface area contributed by atoms with Gasteiger partial charge in [0, 0.05) is 145 Å². The molecule has 1 atom stereocenters. The molecular formula is C93H102N8+4. The van der Waals surface area contributed by atoms with Crippen molar-refractivity contribution in [2.24, 2.45) is 28.2 Å². The minimum absolute atomic E-state index is 0.0588. The molecule has 0 saturated carbocycles. The number of nitrogens with zero attached hydrogens (tertiary/aromatic N) is 8. The van der Waals surface area contributed by atoms with Crippen molar-refractivity contribution in [2.75, 3.05) is 0 Å². The topological polar surface area (TPSA) is 67.1 Å². The Hall–Kier alpha value is -9.92. The number of benzene rings is 4. The third-order valence-corrected chi connectivity index (χ3v) is 22.4. The van der Waals surface area contributed by atoms with E-state index in [4.69, 9.17) is 15.5 Å². The summed E-state index contributed by atoms with van der Waals surface area (Å²) < 4.78 is 40.5. The van der Waals surface area contributed by atoms with Crippen LogP contribution in [0.25, 0.3) is 89.5 Å². The molecule has 0 spiro atoms. The predicted octanol–water partition coefficient (Wildman–Crippen LogP) is 19.9. The SMILES string of the molecule is CCc1cc[n+](C)c(-c2cc3c(cc2C)-c2cccnc2C3(C)C)c1.Cc1cc2c(cc1-c1cc(C(C)C)cc[n+]1C)C(C)(C)c1ncccc1-2.Cc1cc[n+](C)c(-c2cc3c(cc2C)-c2cccnc2C3(C)C)c1.[2H]C([2H])([2H])C([2H])(C)c1cc[n+](C)c(-c2cc3c(cc2C)-c2cccnc2C3(C)C)c1. The van der Waals surface area contributed by atoms with Crippen molar-refractivity contribution >= 4 is 0 Å². The van der Waals surface area contributed by atoms with Gasteiger partial charge in [-0.15, -0.1) is 0 Å². The molecule has 8 heteroatoms. The first-order chi connectivity index (χ1) is 49.5. The van der Waals surface area contributed by atoms with Crippen LogP contribution in [0.5, 0.6) is 0 Å². The number of pyridine rings is 8. The minimum atomic E-state index is -2.41. The average Bonchev–Trinajstić information content (AvgIpc) is 1.60. The van der Waals surface area contributed by atoms with Crippen LogP contribution in [-0.4, -0.2) is 19.9 Å². The molecular weight excluding hydrogens is 1230 g/mol. The van der Waals surface area contributed by atoms with Gasteiger partial charge in [-0.05, 0) is 190 Å². The predicted molar refractivity (Wildman–Crippen MR) is 415 cm³/mol. The highest BCUT2D eigenvalue weighted by Crippen LogP contribution is 2.53. The molecule has 1 unspecified atom stereocenters. The summed E-state index contributed by atoms with van der Waals surface area (Å²) in [6, 6.07) is 52.5. The zero-order valence-corrected chi connectivity index (χ0v) is 63.3. The van der Waals surface area contributed by atoms with Crippen molar-refractivity contribution in [3.8, 4) is 89.5 Å². The van der Waals surface area contributed by atoms with Crippen LogP contribution in [0.4, 0.5) is 0 Å². The van der Waals surface area contributed by atoms with E-state index in [-0.39, 0.29) is 21.7 Å². The van der Waals surface area contributed by atoms with E-state index in [0.29, 0.717) is 11.5 Å². The first kappa shape index (κ1) is 64.5. The summed E-state index contributed by atoms with van der Waals surface area (Å²) in [5.41, 5.74) is 39.1. The molecule has 0 bridgehead atoms. The quantitative estimate of drug-likeness (QED) is 0.149. The molecule has 510 valence electrons. The highest BCUT2D eigenvalue weighted by molar-refractivity contribution is 5.87. The molecule has 8 aromatic heterocycles. The number of hydrogen-bond acceptors (Lipinski definition) is 4. The van der Waals surface area contributed by atoms with Crippen LogP contribution in [0.15, 0.2) is 195 Å². The molecule has 16 rings (SSSR count). The molecule has 12 aromatic rings. The van der Waals surface area contributed by atoms with Crippen molar-refractivity contribution in [2.45, 2.75) is 164 Å². The summed E-state index contributed by atoms with van der Waals surface area (Å²) in [5.74, 6) is -1.16. The number of aryl methyl sites for hydroxylation is 10. The Morgan fingerprint density at radius 3 is 0.980 bits per heavy atom. The minimum Gasteiger partial charge on any atom is -0.260 e. The highest BCUT2D eigenvalue weighted by atomic mass is 14.9.